The largest absolute Gasteiger partial charge is 0.325 e. The molecule has 19 heavy (non-hydrogen) atoms. The molecule has 0 aliphatic carbocycles. The Labute approximate surface area is 111 Å². The summed E-state index contributed by atoms with van der Waals surface area (Å²) in [5.41, 5.74) is 11.0. The topological polar surface area (TPSA) is 56.7 Å². The van der Waals surface area contributed by atoms with Gasteiger partial charge in [-0.3, -0.25) is 9.67 Å². The standard InChI is InChI=1S/C15H16N4/c1-10-14(9-17-19(10)2)13-7-11(8-16)18-15-6-4-3-5-12(13)15/h3-7,9H,8,16H2,1-2H3. The first-order valence-electron chi connectivity index (χ1n) is 6.28. The molecule has 0 spiro atoms. The summed E-state index contributed by atoms with van der Waals surface area (Å²) < 4.78 is 1.88. The van der Waals surface area contributed by atoms with Crippen molar-refractivity contribution in [2.45, 2.75) is 13.5 Å². The molecule has 3 rings (SSSR count). The van der Waals surface area contributed by atoms with Gasteiger partial charge in [-0.25, -0.2) is 0 Å². The number of nitrogens with zero attached hydrogens (tertiary/aromatic N) is 3. The lowest BCUT2D eigenvalue weighted by atomic mass is 10.0. The van der Waals surface area contributed by atoms with E-state index in [-0.39, 0.29) is 0 Å². The molecule has 0 unspecified atom stereocenters. The van der Waals surface area contributed by atoms with Gasteiger partial charge in [-0.2, -0.15) is 5.10 Å². The van der Waals surface area contributed by atoms with E-state index in [0.29, 0.717) is 6.54 Å². The number of hydrogen-bond donors (Lipinski definition) is 1. The minimum atomic E-state index is 0.442. The number of aromatic nitrogens is 3. The van der Waals surface area contributed by atoms with Crippen LogP contribution in [0.4, 0.5) is 0 Å². The van der Waals surface area contributed by atoms with Gasteiger partial charge in [0.05, 0.1) is 17.4 Å². The van der Waals surface area contributed by atoms with E-state index in [1.54, 1.807) is 0 Å². The van der Waals surface area contributed by atoms with Crippen LogP contribution < -0.4 is 5.73 Å². The fourth-order valence-electron chi connectivity index (χ4n) is 2.32. The van der Waals surface area contributed by atoms with Crippen LogP contribution in [0.3, 0.4) is 0 Å². The SMILES string of the molecule is Cc1c(-c2cc(CN)nc3ccccc23)cnn1C. The first kappa shape index (κ1) is 11.9. The maximum Gasteiger partial charge on any atom is 0.0712 e. The van der Waals surface area contributed by atoms with Crippen LogP contribution in [0.5, 0.6) is 0 Å². The van der Waals surface area contributed by atoms with Gasteiger partial charge in [0.1, 0.15) is 0 Å². The normalized spacial score (nSPS) is 11.1. The zero-order valence-electron chi connectivity index (χ0n) is 11.1. The predicted molar refractivity (Wildman–Crippen MR) is 76.6 cm³/mol. The first-order chi connectivity index (χ1) is 9.20. The average molecular weight is 252 g/mol. The Morgan fingerprint density at radius 1 is 1.21 bits per heavy atom. The second-order valence-electron chi connectivity index (χ2n) is 4.65. The summed E-state index contributed by atoms with van der Waals surface area (Å²) in [6.45, 7) is 2.51. The van der Waals surface area contributed by atoms with E-state index in [1.807, 2.05) is 36.1 Å². The first-order valence-corrected chi connectivity index (χ1v) is 6.28. The minimum absolute atomic E-state index is 0.442. The lowest BCUT2D eigenvalue weighted by molar-refractivity contribution is 0.740. The molecule has 0 aliphatic heterocycles. The van der Waals surface area contributed by atoms with E-state index in [9.17, 15) is 0 Å². The highest BCUT2D eigenvalue weighted by atomic mass is 15.3. The Morgan fingerprint density at radius 3 is 2.68 bits per heavy atom. The third-order valence-electron chi connectivity index (χ3n) is 3.50. The van der Waals surface area contributed by atoms with Gasteiger partial charge in [-0.1, -0.05) is 18.2 Å². The van der Waals surface area contributed by atoms with Crippen molar-refractivity contribution in [2.75, 3.05) is 0 Å². The smallest absolute Gasteiger partial charge is 0.0712 e. The summed E-state index contributed by atoms with van der Waals surface area (Å²) in [5, 5.41) is 5.45. The Balaban J connectivity index is 2.36. The second-order valence-corrected chi connectivity index (χ2v) is 4.65. The second kappa shape index (κ2) is 4.48. The van der Waals surface area contributed by atoms with Crippen molar-refractivity contribution in [1.29, 1.82) is 0 Å². The number of nitrogens with two attached hydrogens (primary N) is 1. The van der Waals surface area contributed by atoms with Crippen LogP contribution in [-0.4, -0.2) is 14.8 Å². The van der Waals surface area contributed by atoms with Gasteiger partial charge in [0.25, 0.3) is 0 Å². The van der Waals surface area contributed by atoms with Crippen molar-refractivity contribution < 1.29 is 0 Å². The molecule has 0 saturated heterocycles. The highest BCUT2D eigenvalue weighted by Crippen LogP contribution is 2.30. The van der Waals surface area contributed by atoms with Crippen LogP contribution in [0.25, 0.3) is 22.0 Å². The van der Waals surface area contributed by atoms with E-state index in [2.05, 4.69) is 29.1 Å². The molecule has 0 radical (unpaired) electrons. The van der Waals surface area contributed by atoms with Crippen LogP contribution in [0.1, 0.15) is 11.4 Å². The zero-order chi connectivity index (χ0) is 13.4. The molecule has 2 heterocycles. The fourth-order valence-corrected chi connectivity index (χ4v) is 2.32. The van der Waals surface area contributed by atoms with Gasteiger partial charge in [0.15, 0.2) is 0 Å². The Morgan fingerprint density at radius 2 is 2.00 bits per heavy atom. The van der Waals surface area contributed by atoms with Crippen LogP contribution in [0.15, 0.2) is 36.5 Å². The lowest BCUT2D eigenvalue weighted by Gasteiger charge is -2.08. The van der Waals surface area contributed by atoms with Gasteiger partial charge in [0.2, 0.25) is 0 Å². The highest BCUT2D eigenvalue weighted by molar-refractivity contribution is 5.95. The summed E-state index contributed by atoms with van der Waals surface area (Å²) >= 11 is 0. The molecule has 0 bridgehead atoms. The van der Waals surface area contributed by atoms with Crippen LogP contribution in [0.2, 0.25) is 0 Å². The van der Waals surface area contributed by atoms with Gasteiger partial charge in [0, 0.05) is 30.2 Å². The maximum absolute atomic E-state index is 5.75. The molecule has 2 aromatic heterocycles. The Kier molecular flexibility index (Phi) is 2.80. The van der Waals surface area contributed by atoms with Crippen molar-refractivity contribution in [2.24, 2.45) is 12.8 Å². The van der Waals surface area contributed by atoms with E-state index < -0.39 is 0 Å². The molecule has 3 aromatic rings. The fraction of sp³-hybridized carbons (Fsp3) is 0.200. The highest BCUT2D eigenvalue weighted by Gasteiger charge is 2.11. The van der Waals surface area contributed by atoms with Crippen molar-refractivity contribution in [3.05, 3.63) is 47.9 Å². The number of fused-ring (bicyclic) bond motifs is 1. The minimum Gasteiger partial charge on any atom is -0.325 e. The number of para-hydroxylation sites is 1. The van der Waals surface area contributed by atoms with Crippen molar-refractivity contribution in [3.8, 4) is 11.1 Å². The summed E-state index contributed by atoms with van der Waals surface area (Å²) in [6.07, 6.45) is 1.90. The Hall–Kier alpha value is -2.20. The van der Waals surface area contributed by atoms with Gasteiger partial charge in [-0.15, -0.1) is 0 Å². The van der Waals surface area contributed by atoms with E-state index >= 15 is 0 Å². The molecule has 2 N–H and O–H groups in total. The van der Waals surface area contributed by atoms with Crippen LogP contribution >= 0.6 is 0 Å². The van der Waals surface area contributed by atoms with Gasteiger partial charge < -0.3 is 5.73 Å². The maximum atomic E-state index is 5.75. The molecule has 0 fully saturated rings. The molecule has 0 aliphatic rings. The Bertz CT molecular complexity index is 743. The number of rotatable bonds is 2. The van der Waals surface area contributed by atoms with Crippen LogP contribution in [0, 0.1) is 6.92 Å². The molecular weight excluding hydrogens is 236 g/mol. The van der Waals surface area contributed by atoms with Gasteiger partial charge >= 0.3 is 0 Å². The van der Waals surface area contributed by atoms with Crippen molar-refractivity contribution in [3.63, 3.8) is 0 Å². The number of pyridine rings is 1. The summed E-state index contributed by atoms with van der Waals surface area (Å²) in [7, 11) is 1.95. The van der Waals surface area contributed by atoms with E-state index in [1.165, 1.54) is 0 Å². The molecule has 96 valence electrons. The third-order valence-corrected chi connectivity index (χ3v) is 3.50. The lowest BCUT2D eigenvalue weighted by Crippen LogP contribution is -2.01. The molecule has 0 amide bonds. The summed E-state index contributed by atoms with van der Waals surface area (Å²) in [4.78, 5) is 4.56. The number of aryl methyl sites for hydroxylation is 1. The van der Waals surface area contributed by atoms with Crippen LogP contribution in [-0.2, 0) is 13.6 Å². The van der Waals surface area contributed by atoms with Crippen molar-refractivity contribution >= 4 is 10.9 Å². The van der Waals surface area contributed by atoms with E-state index in [4.69, 9.17) is 5.73 Å². The molecule has 1 aromatic carbocycles. The molecule has 4 nitrogen and oxygen atoms in total. The monoisotopic (exact) mass is 252 g/mol. The number of benzene rings is 1. The molecule has 0 saturated carbocycles. The summed E-state index contributed by atoms with van der Waals surface area (Å²) in [5.74, 6) is 0. The van der Waals surface area contributed by atoms with Crippen molar-refractivity contribution in [1.82, 2.24) is 14.8 Å². The molecular formula is C15H16N4. The van der Waals surface area contributed by atoms with E-state index in [0.717, 1.165) is 33.4 Å². The quantitative estimate of drug-likeness (QED) is 0.762. The third kappa shape index (κ3) is 1.90. The molecule has 4 heteroatoms. The zero-order valence-corrected chi connectivity index (χ0v) is 11.1. The average Bonchev–Trinajstić information content (AvgIpc) is 2.78. The van der Waals surface area contributed by atoms with Gasteiger partial charge in [-0.05, 0) is 24.6 Å². The number of hydrogen-bond acceptors (Lipinski definition) is 3. The summed E-state index contributed by atoms with van der Waals surface area (Å²) in [6, 6.07) is 10.2. The molecule has 0 atom stereocenters. The predicted octanol–water partition coefficient (Wildman–Crippen LogP) is 2.40.